The Morgan fingerprint density at radius 2 is 1.55 bits per heavy atom. The minimum absolute atomic E-state index is 0.144. The summed E-state index contributed by atoms with van der Waals surface area (Å²) in [4.78, 5) is 23.3. The summed E-state index contributed by atoms with van der Waals surface area (Å²) >= 11 is 0. The second-order valence-electron chi connectivity index (χ2n) is 8.10. The number of carbonyl (C=O) groups is 2. The van der Waals surface area contributed by atoms with E-state index in [0.717, 1.165) is 32.1 Å². The molecule has 0 aromatic rings. The van der Waals surface area contributed by atoms with Crippen molar-refractivity contribution in [2.75, 3.05) is 6.61 Å². The van der Waals surface area contributed by atoms with Gasteiger partial charge in [0.05, 0.1) is 6.61 Å². The smallest absolute Gasteiger partial charge is 0.378 e. The van der Waals surface area contributed by atoms with Crippen molar-refractivity contribution in [1.29, 1.82) is 0 Å². The molecular formula is C24H40O7. The molecule has 2 atom stereocenters. The zero-order valence-corrected chi connectivity index (χ0v) is 18.9. The van der Waals surface area contributed by atoms with E-state index in [1.807, 2.05) is 0 Å². The van der Waals surface area contributed by atoms with Gasteiger partial charge in [-0.1, -0.05) is 70.4 Å². The van der Waals surface area contributed by atoms with Crippen molar-refractivity contribution >= 4 is 11.9 Å². The minimum Gasteiger partial charge on any atom is -0.499 e. The van der Waals surface area contributed by atoms with E-state index >= 15 is 0 Å². The molecule has 0 saturated heterocycles. The third-order valence-electron chi connectivity index (χ3n) is 5.32. The lowest BCUT2D eigenvalue weighted by Gasteiger charge is -2.17. The molecule has 0 aromatic heterocycles. The maximum absolute atomic E-state index is 12.0. The second-order valence-corrected chi connectivity index (χ2v) is 8.10. The molecule has 1 unspecified atom stereocenters. The van der Waals surface area contributed by atoms with Crippen molar-refractivity contribution < 1.29 is 34.4 Å². The van der Waals surface area contributed by atoms with Crippen molar-refractivity contribution in [2.45, 2.75) is 109 Å². The van der Waals surface area contributed by atoms with Gasteiger partial charge < -0.3 is 24.8 Å². The first-order valence-electron chi connectivity index (χ1n) is 11.8. The maximum atomic E-state index is 12.0. The topological polar surface area (TPSA) is 113 Å². The fourth-order valence-corrected chi connectivity index (χ4v) is 3.43. The Morgan fingerprint density at radius 1 is 1.00 bits per heavy atom. The Labute approximate surface area is 186 Å². The van der Waals surface area contributed by atoms with E-state index in [1.54, 1.807) is 0 Å². The largest absolute Gasteiger partial charge is 0.499 e. The summed E-state index contributed by atoms with van der Waals surface area (Å²) in [7, 11) is 0. The molecule has 1 heterocycles. The monoisotopic (exact) mass is 440 g/mol. The van der Waals surface area contributed by atoms with Crippen LogP contribution in [0.5, 0.6) is 0 Å². The number of esters is 2. The number of allylic oxidation sites excluding steroid dienone is 2. The number of aliphatic hydroxyl groups excluding tert-OH is 3. The second kappa shape index (κ2) is 16.8. The molecule has 0 spiro atoms. The molecule has 3 N–H and O–H groups in total. The van der Waals surface area contributed by atoms with Crippen molar-refractivity contribution in [3.63, 3.8) is 0 Å². The van der Waals surface area contributed by atoms with Gasteiger partial charge in [0.2, 0.25) is 11.5 Å². The van der Waals surface area contributed by atoms with Crippen LogP contribution >= 0.6 is 0 Å². The van der Waals surface area contributed by atoms with Crippen molar-refractivity contribution in [3.05, 3.63) is 23.7 Å². The number of ether oxygens (including phenoxy) is 2. The zero-order valence-electron chi connectivity index (χ0n) is 18.9. The predicted molar refractivity (Wildman–Crippen MR) is 118 cm³/mol. The zero-order chi connectivity index (χ0) is 22.9. The molecule has 0 amide bonds. The van der Waals surface area contributed by atoms with Gasteiger partial charge in [-0.25, -0.2) is 4.79 Å². The standard InChI is InChI=1S/C24H40O7/c1-2-3-4-5-6-7-8-9-10-11-12-13-14-15-16-17-20(27)30-23-21(28)24(29)31-22(23)19(26)18-25/h9-10,19,22,25-26,28H,2-8,11-18H2,1H3/b10-9-/t19?,22-/m1/s1. The van der Waals surface area contributed by atoms with Crippen molar-refractivity contribution in [2.24, 2.45) is 0 Å². The van der Waals surface area contributed by atoms with Gasteiger partial charge in [0.15, 0.2) is 6.10 Å². The van der Waals surface area contributed by atoms with Crippen LogP contribution in [-0.4, -0.2) is 46.1 Å². The molecular weight excluding hydrogens is 400 g/mol. The summed E-state index contributed by atoms with van der Waals surface area (Å²) in [6, 6.07) is 0. The van der Waals surface area contributed by atoms with E-state index in [0.29, 0.717) is 6.42 Å². The molecule has 178 valence electrons. The first-order valence-corrected chi connectivity index (χ1v) is 11.8. The summed E-state index contributed by atoms with van der Waals surface area (Å²) in [5, 5.41) is 28.3. The number of rotatable bonds is 18. The number of aliphatic hydroxyl groups is 3. The van der Waals surface area contributed by atoms with Gasteiger partial charge in [-0.15, -0.1) is 0 Å². The highest BCUT2D eigenvalue weighted by atomic mass is 16.6. The van der Waals surface area contributed by atoms with Crippen LogP contribution in [0.1, 0.15) is 96.8 Å². The number of carbonyl (C=O) groups excluding carboxylic acids is 2. The molecule has 7 nitrogen and oxygen atoms in total. The Hall–Kier alpha value is -1.86. The van der Waals surface area contributed by atoms with E-state index in [1.165, 1.54) is 44.9 Å². The van der Waals surface area contributed by atoms with Crippen LogP contribution in [0, 0.1) is 0 Å². The van der Waals surface area contributed by atoms with Crippen LogP contribution in [0.15, 0.2) is 23.7 Å². The fraction of sp³-hybridized carbons (Fsp3) is 0.750. The van der Waals surface area contributed by atoms with Crippen molar-refractivity contribution in [3.8, 4) is 0 Å². The lowest BCUT2D eigenvalue weighted by molar-refractivity contribution is -0.151. The highest BCUT2D eigenvalue weighted by Crippen LogP contribution is 2.25. The number of unbranched alkanes of at least 4 members (excludes halogenated alkanes) is 11. The predicted octanol–water partition coefficient (Wildman–Crippen LogP) is 4.62. The third-order valence-corrected chi connectivity index (χ3v) is 5.32. The van der Waals surface area contributed by atoms with Crippen LogP contribution in [0.2, 0.25) is 0 Å². The highest BCUT2D eigenvalue weighted by molar-refractivity contribution is 5.90. The molecule has 31 heavy (non-hydrogen) atoms. The minimum atomic E-state index is -1.46. The van der Waals surface area contributed by atoms with Crippen molar-refractivity contribution in [1.82, 2.24) is 0 Å². The summed E-state index contributed by atoms with van der Waals surface area (Å²) in [6.45, 7) is 1.54. The molecule has 1 rings (SSSR count). The first kappa shape index (κ1) is 27.2. The quantitative estimate of drug-likeness (QED) is 0.162. The Morgan fingerprint density at radius 3 is 2.13 bits per heavy atom. The van der Waals surface area contributed by atoms with E-state index in [9.17, 15) is 19.8 Å². The van der Waals surface area contributed by atoms with Gasteiger partial charge in [-0.2, -0.15) is 0 Å². The Balaban J connectivity index is 2.05. The average molecular weight is 441 g/mol. The molecule has 0 radical (unpaired) electrons. The summed E-state index contributed by atoms with van der Waals surface area (Å²) < 4.78 is 9.73. The van der Waals surface area contributed by atoms with Crippen LogP contribution < -0.4 is 0 Å². The van der Waals surface area contributed by atoms with Gasteiger partial charge in [-0.3, -0.25) is 4.79 Å². The van der Waals surface area contributed by atoms with Gasteiger partial charge in [0.25, 0.3) is 0 Å². The van der Waals surface area contributed by atoms with E-state index in [-0.39, 0.29) is 6.42 Å². The molecule has 1 aliphatic heterocycles. The lowest BCUT2D eigenvalue weighted by atomic mass is 10.1. The van der Waals surface area contributed by atoms with E-state index in [4.69, 9.17) is 14.6 Å². The summed E-state index contributed by atoms with van der Waals surface area (Å²) in [5.41, 5.74) is 0. The fourth-order valence-electron chi connectivity index (χ4n) is 3.43. The molecule has 0 fully saturated rings. The first-order chi connectivity index (χ1) is 15.0. The van der Waals surface area contributed by atoms with E-state index in [2.05, 4.69) is 19.1 Å². The van der Waals surface area contributed by atoms with Crippen LogP contribution in [0.4, 0.5) is 0 Å². The lowest BCUT2D eigenvalue weighted by Crippen LogP contribution is -2.33. The SMILES string of the molecule is CCCCCCCC/C=C\CCCCCCCC(=O)OC1=C(O)C(=O)O[C@@H]1C(O)CO. The van der Waals surface area contributed by atoms with Crippen LogP contribution in [0.25, 0.3) is 0 Å². The Bertz CT molecular complexity index is 582. The third kappa shape index (κ3) is 11.4. The van der Waals surface area contributed by atoms with Crippen LogP contribution in [0.3, 0.4) is 0 Å². The van der Waals surface area contributed by atoms with Gasteiger partial charge >= 0.3 is 11.9 Å². The molecule has 0 aliphatic carbocycles. The summed E-state index contributed by atoms with van der Waals surface area (Å²) in [5.74, 6) is -2.95. The molecule has 0 aromatic carbocycles. The van der Waals surface area contributed by atoms with E-state index < -0.39 is 42.3 Å². The molecule has 0 saturated carbocycles. The number of hydrogen-bond donors (Lipinski definition) is 3. The normalized spacial score (nSPS) is 17.4. The highest BCUT2D eigenvalue weighted by Gasteiger charge is 2.41. The Kier molecular flexibility index (Phi) is 14.7. The number of cyclic esters (lactones) is 1. The molecule has 7 heteroatoms. The van der Waals surface area contributed by atoms with Crippen LogP contribution in [-0.2, 0) is 19.1 Å². The molecule has 1 aliphatic rings. The number of hydrogen-bond acceptors (Lipinski definition) is 7. The maximum Gasteiger partial charge on any atom is 0.378 e. The van der Waals surface area contributed by atoms with Gasteiger partial charge in [0, 0.05) is 6.42 Å². The van der Waals surface area contributed by atoms with Gasteiger partial charge in [0.1, 0.15) is 6.10 Å². The molecule has 0 bridgehead atoms. The average Bonchev–Trinajstić information content (AvgIpc) is 3.04. The summed E-state index contributed by atoms with van der Waals surface area (Å²) in [6.07, 6.45) is 16.9. The van der Waals surface area contributed by atoms with Gasteiger partial charge in [-0.05, 0) is 32.1 Å².